The first-order valence-electron chi connectivity index (χ1n) is 7.13. The number of Topliss-reactive ketones (excluding diaryl/α,β-unsaturated/α-hetero) is 1. The van der Waals surface area contributed by atoms with Crippen LogP contribution >= 0.6 is 0 Å². The van der Waals surface area contributed by atoms with Crippen LogP contribution in [-0.2, 0) is 9.53 Å². The molecule has 0 atom stereocenters. The zero-order valence-electron chi connectivity index (χ0n) is 12.0. The molecule has 1 fully saturated rings. The molecule has 100 valence electrons. The Labute approximate surface area is 106 Å². The van der Waals surface area contributed by atoms with Crippen molar-refractivity contribution in [2.24, 2.45) is 5.41 Å². The molecular weight excluding hydrogens is 212 g/mol. The van der Waals surface area contributed by atoms with Crippen molar-refractivity contribution in [3.63, 3.8) is 0 Å². The standard InChI is InChI=1S/C15H28O2/c1-5-7-8-13(16)15(17-6-2)11-9-14(3,4)10-12-15/h5-12H2,1-4H3. The number of unbranched alkanes of at least 4 members (excludes halogenated alkanes) is 1. The van der Waals surface area contributed by atoms with Crippen LogP contribution in [0.4, 0.5) is 0 Å². The molecule has 0 aliphatic heterocycles. The van der Waals surface area contributed by atoms with Gasteiger partial charge in [0, 0.05) is 13.0 Å². The van der Waals surface area contributed by atoms with Crippen molar-refractivity contribution in [2.45, 2.75) is 78.2 Å². The molecule has 0 bridgehead atoms. The van der Waals surface area contributed by atoms with E-state index in [0.29, 0.717) is 24.2 Å². The molecule has 0 spiro atoms. The molecule has 0 aromatic rings. The highest BCUT2D eigenvalue weighted by Gasteiger charge is 2.43. The lowest BCUT2D eigenvalue weighted by atomic mass is 9.69. The molecule has 0 unspecified atom stereocenters. The Bertz CT molecular complexity index is 246. The average Bonchev–Trinajstić information content (AvgIpc) is 2.29. The number of hydrogen-bond donors (Lipinski definition) is 0. The Balaban J connectivity index is 2.67. The lowest BCUT2D eigenvalue weighted by Gasteiger charge is -2.42. The second kappa shape index (κ2) is 5.99. The third-order valence-electron chi connectivity index (χ3n) is 4.10. The zero-order chi connectivity index (χ0) is 12.9. The fourth-order valence-electron chi connectivity index (χ4n) is 2.68. The van der Waals surface area contributed by atoms with Crippen LogP contribution in [0.15, 0.2) is 0 Å². The van der Waals surface area contributed by atoms with Gasteiger partial charge in [-0.25, -0.2) is 0 Å². The van der Waals surface area contributed by atoms with Gasteiger partial charge >= 0.3 is 0 Å². The van der Waals surface area contributed by atoms with Crippen LogP contribution in [-0.4, -0.2) is 18.0 Å². The van der Waals surface area contributed by atoms with Crippen LogP contribution < -0.4 is 0 Å². The fourth-order valence-corrected chi connectivity index (χ4v) is 2.68. The van der Waals surface area contributed by atoms with Crippen LogP contribution in [0.3, 0.4) is 0 Å². The second-order valence-corrected chi connectivity index (χ2v) is 6.12. The maximum absolute atomic E-state index is 12.4. The van der Waals surface area contributed by atoms with Gasteiger partial charge in [-0.15, -0.1) is 0 Å². The normalized spacial score (nSPS) is 22.4. The SMILES string of the molecule is CCCCC(=O)C1(OCC)CCC(C)(C)CC1. The second-order valence-electron chi connectivity index (χ2n) is 6.12. The summed E-state index contributed by atoms with van der Waals surface area (Å²) in [6.07, 6.45) is 6.80. The van der Waals surface area contributed by atoms with E-state index in [1.54, 1.807) is 0 Å². The molecule has 1 saturated carbocycles. The Morgan fingerprint density at radius 2 is 1.71 bits per heavy atom. The van der Waals surface area contributed by atoms with Crippen molar-refractivity contribution in [1.29, 1.82) is 0 Å². The van der Waals surface area contributed by atoms with Crippen LogP contribution in [0.2, 0.25) is 0 Å². The van der Waals surface area contributed by atoms with Crippen LogP contribution in [0.25, 0.3) is 0 Å². The molecule has 0 saturated heterocycles. The number of carbonyl (C=O) groups is 1. The molecule has 0 N–H and O–H groups in total. The van der Waals surface area contributed by atoms with Crippen LogP contribution in [0.5, 0.6) is 0 Å². The average molecular weight is 240 g/mol. The van der Waals surface area contributed by atoms with Crippen molar-refractivity contribution in [1.82, 2.24) is 0 Å². The van der Waals surface area contributed by atoms with E-state index in [4.69, 9.17) is 4.74 Å². The Morgan fingerprint density at radius 1 is 1.12 bits per heavy atom. The molecule has 0 aromatic heterocycles. The Hall–Kier alpha value is -0.370. The van der Waals surface area contributed by atoms with Gasteiger partial charge in [0.25, 0.3) is 0 Å². The minimum atomic E-state index is -0.445. The minimum Gasteiger partial charge on any atom is -0.368 e. The molecule has 2 heteroatoms. The van der Waals surface area contributed by atoms with Gasteiger partial charge in [-0.3, -0.25) is 4.79 Å². The summed E-state index contributed by atoms with van der Waals surface area (Å²) < 4.78 is 5.87. The third kappa shape index (κ3) is 3.80. The van der Waals surface area contributed by atoms with Gasteiger partial charge in [0.1, 0.15) is 5.60 Å². The molecule has 1 aliphatic carbocycles. The Kier molecular flexibility index (Phi) is 5.18. The van der Waals surface area contributed by atoms with E-state index in [0.717, 1.165) is 38.5 Å². The van der Waals surface area contributed by atoms with E-state index in [9.17, 15) is 4.79 Å². The predicted molar refractivity (Wildman–Crippen MR) is 71.1 cm³/mol. The van der Waals surface area contributed by atoms with Gasteiger partial charge in [0.2, 0.25) is 0 Å². The number of rotatable bonds is 6. The van der Waals surface area contributed by atoms with Gasteiger partial charge in [-0.1, -0.05) is 27.2 Å². The summed E-state index contributed by atoms with van der Waals surface area (Å²) in [7, 11) is 0. The van der Waals surface area contributed by atoms with Crippen molar-refractivity contribution >= 4 is 5.78 Å². The number of ether oxygens (including phenoxy) is 1. The van der Waals surface area contributed by atoms with E-state index < -0.39 is 5.60 Å². The molecule has 0 aromatic carbocycles. The summed E-state index contributed by atoms with van der Waals surface area (Å²) in [6.45, 7) is 9.36. The highest BCUT2D eigenvalue weighted by Crippen LogP contribution is 2.43. The molecule has 0 amide bonds. The first-order valence-corrected chi connectivity index (χ1v) is 7.13. The van der Waals surface area contributed by atoms with E-state index in [-0.39, 0.29) is 0 Å². The number of hydrogen-bond acceptors (Lipinski definition) is 2. The van der Waals surface area contributed by atoms with E-state index in [2.05, 4.69) is 20.8 Å². The minimum absolute atomic E-state index is 0.344. The van der Waals surface area contributed by atoms with E-state index >= 15 is 0 Å². The van der Waals surface area contributed by atoms with Crippen LogP contribution in [0, 0.1) is 5.41 Å². The maximum Gasteiger partial charge on any atom is 0.164 e. The van der Waals surface area contributed by atoms with Gasteiger partial charge in [0.15, 0.2) is 5.78 Å². The summed E-state index contributed by atoms with van der Waals surface area (Å²) in [4.78, 5) is 12.4. The third-order valence-corrected chi connectivity index (χ3v) is 4.10. The summed E-state index contributed by atoms with van der Waals surface area (Å²) in [5, 5.41) is 0. The van der Waals surface area contributed by atoms with Gasteiger partial charge in [0.05, 0.1) is 0 Å². The fraction of sp³-hybridized carbons (Fsp3) is 0.933. The summed E-state index contributed by atoms with van der Waals surface area (Å²) in [6, 6.07) is 0. The van der Waals surface area contributed by atoms with Gasteiger partial charge in [-0.2, -0.15) is 0 Å². The zero-order valence-corrected chi connectivity index (χ0v) is 12.0. The topological polar surface area (TPSA) is 26.3 Å². The number of ketones is 1. The molecule has 1 rings (SSSR count). The monoisotopic (exact) mass is 240 g/mol. The van der Waals surface area contributed by atoms with Crippen molar-refractivity contribution in [3.05, 3.63) is 0 Å². The van der Waals surface area contributed by atoms with Crippen molar-refractivity contribution in [2.75, 3.05) is 6.61 Å². The smallest absolute Gasteiger partial charge is 0.164 e. The molecule has 1 aliphatic rings. The van der Waals surface area contributed by atoms with Crippen LogP contribution in [0.1, 0.15) is 72.6 Å². The van der Waals surface area contributed by atoms with E-state index in [1.807, 2.05) is 6.92 Å². The molecular formula is C15H28O2. The first kappa shape index (κ1) is 14.7. The predicted octanol–water partition coefficient (Wildman–Crippen LogP) is 4.12. The molecule has 0 heterocycles. The lowest BCUT2D eigenvalue weighted by molar-refractivity contribution is -0.152. The number of carbonyl (C=O) groups excluding carboxylic acids is 1. The molecule has 2 nitrogen and oxygen atoms in total. The van der Waals surface area contributed by atoms with E-state index in [1.165, 1.54) is 0 Å². The quantitative estimate of drug-likeness (QED) is 0.698. The lowest BCUT2D eigenvalue weighted by Crippen LogP contribution is -2.46. The Morgan fingerprint density at radius 3 is 2.18 bits per heavy atom. The van der Waals surface area contributed by atoms with Crippen molar-refractivity contribution in [3.8, 4) is 0 Å². The highest BCUT2D eigenvalue weighted by molar-refractivity contribution is 5.87. The van der Waals surface area contributed by atoms with Crippen molar-refractivity contribution < 1.29 is 9.53 Å². The largest absolute Gasteiger partial charge is 0.368 e. The summed E-state index contributed by atoms with van der Waals surface area (Å²) in [5.74, 6) is 0.344. The maximum atomic E-state index is 12.4. The van der Waals surface area contributed by atoms with Gasteiger partial charge in [-0.05, 0) is 44.4 Å². The highest BCUT2D eigenvalue weighted by atomic mass is 16.5. The molecule has 0 radical (unpaired) electrons. The summed E-state index contributed by atoms with van der Waals surface area (Å²) in [5.41, 5.74) is -0.0644. The molecule has 17 heavy (non-hydrogen) atoms. The first-order chi connectivity index (χ1) is 7.96. The summed E-state index contributed by atoms with van der Waals surface area (Å²) >= 11 is 0. The van der Waals surface area contributed by atoms with Gasteiger partial charge < -0.3 is 4.74 Å².